The van der Waals surface area contributed by atoms with Gasteiger partial charge in [-0.1, -0.05) is 109 Å². The predicted molar refractivity (Wildman–Crippen MR) is 214 cm³/mol. The van der Waals surface area contributed by atoms with Crippen molar-refractivity contribution in [2.75, 3.05) is 0 Å². The van der Waals surface area contributed by atoms with Crippen LogP contribution < -0.4 is 0 Å². The van der Waals surface area contributed by atoms with E-state index in [-0.39, 0.29) is 0 Å². The summed E-state index contributed by atoms with van der Waals surface area (Å²) in [5.41, 5.74) is 13.0. The third-order valence-electron chi connectivity index (χ3n) is 10.6. The molecule has 0 bridgehead atoms. The lowest BCUT2D eigenvalue weighted by molar-refractivity contribution is 0.669. The van der Waals surface area contributed by atoms with Gasteiger partial charge in [0.2, 0.25) is 0 Å². The molecule has 0 fully saturated rings. The maximum absolute atomic E-state index is 6.52. The van der Waals surface area contributed by atoms with Crippen molar-refractivity contribution in [3.8, 4) is 33.8 Å². The van der Waals surface area contributed by atoms with E-state index in [1.807, 2.05) is 42.5 Å². The second kappa shape index (κ2) is 10.6. The zero-order valence-corrected chi connectivity index (χ0v) is 28.1. The number of rotatable bonds is 3. The molecule has 246 valence electrons. The van der Waals surface area contributed by atoms with Gasteiger partial charge in [0.15, 0.2) is 5.82 Å². The molecule has 0 saturated carbocycles. The van der Waals surface area contributed by atoms with Crippen molar-refractivity contribution in [1.82, 2.24) is 19.4 Å². The Morgan fingerprint density at radius 1 is 0.415 bits per heavy atom. The fourth-order valence-electron chi connectivity index (χ4n) is 8.30. The van der Waals surface area contributed by atoms with E-state index < -0.39 is 0 Å². The zero-order chi connectivity index (χ0) is 34.6. The van der Waals surface area contributed by atoms with E-state index in [4.69, 9.17) is 23.8 Å². The van der Waals surface area contributed by atoms with Crippen LogP contribution in [0.4, 0.5) is 0 Å². The Morgan fingerprint density at radius 3 is 1.92 bits per heavy atom. The van der Waals surface area contributed by atoms with Gasteiger partial charge in [-0.15, -0.1) is 0 Å². The number of fused-ring (bicyclic) bond motifs is 14. The molecule has 0 aliphatic heterocycles. The highest BCUT2D eigenvalue weighted by Gasteiger charge is 2.23. The highest BCUT2D eigenvalue weighted by atomic mass is 16.3. The molecule has 0 amide bonds. The molecule has 0 radical (unpaired) electrons. The summed E-state index contributed by atoms with van der Waals surface area (Å²) in [6.45, 7) is 0. The first-order chi connectivity index (χ1) is 26.3. The van der Waals surface area contributed by atoms with Gasteiger partial charge in [0.1, 0.15) is 28.0 Å². The van der Waals surface area contributed by atoms with Gasteiger partial charge in [0.05, 0.1) is 33.1 Å². The Morgan fingerprint density at radius 2 is 1.08 bits per heavy atom. The largest absolute Gasteiger partial charge is 0.456 e. The van der Waals surface area contributed by atoms with E-state index in [9.17, 15) is 0 Å². The number of furan rings is 2. The summed E-state index contributed by atoms with van der Waals surface area (Å²) in [6.07, 6.45) is 0. The average Bonchev–Trinajstić information content (AvgIpc) is 3.92. The minimum absolute atomic E-state index is 0.628. The lowest BCUT2D eigenvalue weighted by Gasteiger charge is -2.14. The molecule has 6 nitrogen and oxygen atoms in total. The molecule has 12 aromatic rings. The standard InChI is InChI=1S/C47H26N4O2/c1-2-12-27(13-3-1)44-43-45(30-14-4-7-19-35(30)51-36-20-8-6-18-34(36)48-47(43)51)50-46(49-44)32-17-11-23-40-42(32)33-26-28(24-25-38(33)53-40)29-16-10-22-39-41(29)31-15-5-9-21-37(31)52-39/h1-26H. The maximum atomic E-state index is 6.52. The molecular weight excluding hydrogens is 653 g/mol. The van der Waals surface area contributed by atoms with E-state index in [1.54, 1.807) is 0 Å². The van der Waals surface area contributed by atoms with Gasteiger partial charge in [-0.25, -0.2) is 15.0 Å². The molecule has 0 aliphatic rings. The Hall–Kier alpha value is -7.31. The molecule has 6 heteroatoms. The van der Waals surface area contributed by atoms with E-state index in [2.05, 4.69) is 120 Å². The van der Waals surface area contributed by atoms with Gasteiger partial charge < -0.3 is 8.83 Å². The highest BCUT2D eigenvalue weighted by molar-refractivity contribution is 6.19. The van der Waals surface area contributed by atoms with Gasteiger partial charge >= 0.3 is 0 Å². The fourth-order valence-corrected chi connectivity index (χ4v) is 8.30. The van der Waals surface area contributed by atoms with Gasteiger partial charge in [0.25, 0.3) is 0 Å². The average molecular weight is 679 g/mol. The molecule has 12 rings (SSSR count). The maximum Gasteiger partial charge on any atom is 0.161 e. The van der Waals surface area contributed by atoms with Crippen LogP contribution in [0.15, 0.2) is 167 Å². The molecule has 7 aromatic carbocycles. The summed E-state index contributed by atoms with van der Waals surface area (Å²) < 4.78 is 15.0. The van der Waals surface area contributed by atoms with Crippen LogP contribution in [0.2, 0.25) is 0 Å². The normalized spacial score (nSPS) is 12.2. The number of para-hydroxylation sites is 4. The number of imidazole rings is 1. The summed E-state index contributed by atoms with van der Waals surface area (Å²) in [6, 6.07) is 54.2. The molecule has 0 atom stereocenters. The van der Waals surface area contributed by atoms with Crippen molar-refractivity contribution in [1.29, 1.82) is 0 Å². The first-order valence-corrected chi connectivity index (χ1v) is 17.7. The Kier molecular flexibility index (Phi) is 5.68. The Labute approximate surface area is 301 Å². The Bertz CT molecular complexity index is 3460. The lowest BCUT2D eigenvalue weighted by atomic mass is 9.97. The summed E-state index contributed by atoms with van der Waals surface area (Å²) in [4.78, 5) is 16.1. The second-order valence-corrected chi connectivity index (χ2v) is 13.5. The molecule has 5 heterocycles. The number of hydrogen-bond acceptors (Lipinski definition) is 5. The van der Waals surface area contributed by atoms with Crippen molar-refractivity contribution >= 4 is 82.4 Å². The minimum Gasteiger partial charge on any atom is -0.456 e. The van der Waals surface area contributed by atoms with Crippen molar-refractivity contribution in [3.63, 3.8) is 0 Å². The van der Waals surface area contributed by atoms with Crippen LogP contribution in [0.3, 0.4) is 0 Å². The lowest BCUT2D eigenvalue weighted by Crippen LogP contribution is -2.00. The smallest absolute Gasteiger partial charge is 0.161 e. The second-order valence-electron chi connectivity index (χ2n) is 13.5. The summed E-state index contributed by atoms with van der Waals surface area (Å²) in [5.74, 6) is 0.628. The van der Waals surface area contributed by atoms with Crippen LogP contribution in [0.5, 0.6) is 0 Å². The number of hydrogen-bond donors (Lipinski definition) is 0. The van der Waals surface area contributed by atoms with Crippen LogP contribution in [-0.2, 0) is 0 Å². The van der Waals surface area contributed by atoms with Crippen LogP contribution in [0.25, 0.3) is 116 Å². The minimum atomic E-state index is 0.628. The van der Waals surface area contributed by atoms with Crippen molar-refractivity contribution in [2.45, 2.75) is 0 Å². The quantitative estimate of drug-likeness (QED) is 0.174. The molecule has 0 aliphatic carbocycles. The van der Waals surface area contributed by atoms with Crippen molar-refractivity contribution in [3.05, 3.63) is 158 Å². The third kappa shape index (κ3) is 4.00. The summed E-state index contributed by atoms with van der Waals surface area (Å²) in [5, 5.41) is 6.13. The number of pyridine rings is 1. The molecule has 5 aromatic heterocycles. The Balaban J connectivity index is 1.18. The van der Waals surface area contributed by atoms with E-state index in [0.717, 1.165) is 110 Å². The topological polar surface area (TPSA) is 69.4 Å². The molecular formula is C47H26N4O2. The first kappa shape index (κ1) is 28.4. The summed E-state index contributed by atoms with van der Waals surface area (Å²) >= 11 is 0. The van der Waals surface area contributed by atoms with E-state index in [0.29, 0.717) is 5.82 Å². The molecule has 0 spiro atoms. The van der Waals surface area contributed by atoms with Gasteiger partial charge in [-0.3, -0.25) is 4.40 Å². The third-order valence-corrected chi connectivity index (χ3v) is 10.6. The molecule has 53 heavy (non-hydrogen) atoms. The SMILES string of the molecule is c1ccc(-c2nc(-c3cccc4oc5ccc(-c6cccc7oc8ccccc8c67)cc5c34)nc3c4ccccc4n4c5ccccc5nc4c23)cc1. The van der Waals surface area contributed by atoms with Gasteiger partial charge in [-0.05, 0) is 59.7 Å². The van der Waals surface area contributed by atoms with Gasteiger partial charge in [-0.2, -0.15) is 0 Å². The number of benzene rings is 7. The van der Waals surface area contributed by atoms with Crippen LogP contribution in [0.1, 0.15) is 0 Å². The fraction of sp³-hybridized carbons (Fsp3) is 0. The summed E-state index contributed by atoms with van der Waals surface area (Å²) in [7, 11) is 0. The van der Waals surface area contributed by atoms with Crippen LogP contribution in [-0.4, -0.2) is 19.4 Å². The zero-order valence-electron chi connectivity index (χ0n) is 28.1. The van der Waals surface area contributed by atoms with E-state index in [1.165, 1.54) is 0 Å². The van der Waals surface area contributed by atoms with E-state index >= 15 is 0 Å². The highest BCUT2D eigenvalue weighted by Crippen LogP contribution is 2.43. The molecule has 0 N–H and O–H groups in total. The molecule has 0 unspecified atom stereocenters. The van der Waals surface area contributed by atoms with Crippen LogP contribution >= 0.6 is 0 Å². The van der Waals surface area contributed by atoms with Crippen molar-refractivity contribution < 1.29 is 8.83 Å². The van der Waals surface area contributed by atoms with Crippen molar-refractivity contribution in [2.24, 2.45) is 0 Å². The molecule has 0 saturated heterocycles. The van der Waals surface area contributed by atoms with Crippen LogP contribution in [0, 0.1) is 0 Å². The number of nitrogens with zero attached hydrogens (tertiary/aromatic N) is 4. The predicted octanol–water partition coefficient (Wildman–Crippen LogP) is 12.4. The van der Waals surface area contributed by atoms with Gasteiger partial charge in [0, 0.05) is 38.1 Å². The first-order valence-electron chi connectivity index (χ1n) is 17.7. The monoisotopic (exact) mass is 678 g/mol. The number of aromatic nitrogens is 4.